The summed E-state index contributed by atoms with van der Waals surface area (Å²) in [6.07, 6.45) is 3.85. The summed E-state index contributed by atoms with van der Waals surface area (Å²) in [5.41, 5.74) is 1.54. The maximum absolute atomic E-state index is 13.9. The maximum Gasteiger partial charge on any atom is 0.237 e. The number of amides is 1. The first-order valence-corrected chi connectivity index (χ1v) is 17.7. The Labute approximate surface area is 235 Å². The number of nitrogens with zero attached hydrogens (tertiary/aromatic N) is 3. The van der Waals surface area contributed by atoms with E-state index in [4.69, 9.17) is 0 Å². The van der Waals surface area contributed by atoms with Crippen LogP contribution < -0.4 is 10.2 Å². The quantitative estimate of drug-likeness (QED) is 0.450. The zero-order valence-electron chi connectivity index (χ0n) is 24.3. The average Bonchev–Trinajstić information content (AvgIpc) is 3.18. The molecule has 0 aromatic heterocycles. The largest absolute Gasteiger partial charge is 0.369 e. The molecule has 1 amide bonds. The third-order valence-electron chi connectivity index (χ3n) is 9.96. The van der Waals surface area contributed by atoms with Crippen LogP contribution in [0.3, 0.4) is 0 Å². The summed E-state index contributed by atoms with van der Waals surface area (Å²) in [4.78, 5) is 17.4. The first-order valence-electron chi connectivity index (χ1n) is 14.0. The van der Waals surface area contributed by atoms with Crippen LogP contribution in [0.15, 0.2) is 24.3 Å². The van der Waals surface area contributed by atoms with Crippen LogP contribution >= 0.6 is 0 Å². The number of para-hydroxylation sites is 1. The monoisotopic (exact) mass is 582 g/mol. The van der Waals surface area contributed by atoms with Gasteiger partial charge in [-0.15, -0.1) is 0 Å². The molecule has 1 aliphatic heterocycles. The fourth-order valence-electron chi connectivity index (χ4n) is 7.38. The van der Waals surface area contributed by atoms with Gasteiger partial charge in [-0.25, -0.2) is 16.8 Å². The lowest BCUT2D eigenvalue weighted by Crippen LogP contribution is -2.58. The highest BCUT2D eigenvalue weighted by molar-refractivity contribution is 7.90. The van der Waals surface area contributed by atoms with Crippen LogP contribution in [-0.2, 0) is 24.7 Å². The number of benzene rings is 1. The summed E-state index contributed by atoms with van der Waals surface area (Å²) >= 11 is 0. The predicted octanol–water partition coefficient (Wildman–Crippen LogP) is 2.12. The lowest BCUT2D eigenvalue weighted by atomic mass is 9.69. The number of carbonyl (C=O) groups excluding carboxylic acids is 1. The molecule has 1 saturated heterocycles. The second-order valence-corrected chi connectivity index (χ2v) is 17.0. The number of nitrogens with one attached hydrogen (secondary N) is 1. The second kappa shape index (κ2) is 10.9. The summed E-state index contributed by atoms with van der Waals surface area (Å²) in [7, 11) is -3.23. The van der Waals surface area contributed by atoms with Gasteiger partial charge in [-0.1, -0.05) is 32.0 Å². The molecule has 39 heavy (non-hydrogen) atoms. The first kappa shape index (κ1) is 30.3. The van der Waals surface area contributed by atoms with Gasteiger partial charge < -0.3 is 10.2 Å². The van der Waals surface area contributed by atoms with Crippen molar-refractivity contribution in [3.05, 3.63) is 29.8 Å². The molecule has 3 aliphatic rings. The Kier molecular flexibility index (Phi) is 8.50. The minimum Gasteiger partial charge on any atom is -0.369 e. The first-order chi connectivity index (χ1) is 18.1. The van der Waals surface area contributed by atoms with Crippen molar-refractivity contribution in [3.8, 4) is 0 Å². The minimum absolute atomic E-state index is 0.0226. The Hall–Kier alpha value is -1.69. The molecule has 0 spiro atoms. The fraction of sp³-hybridized carbons (Fsp3) is 0.750. The molecule has 220 valence electrons. The number of sulfone groups is 1. The van der Waals surface area contributed by atoms with E-state index in [0.29, 0.717) is 32.1 Å². The highest BCUT2D eigenvalue weighted by Crippen LogP contribution is 2.66. The van der Waals surface area contributed by atoms with Crippen LogP contribution in [0.25, 0.3) is 0 Å². The Morgan fingerprint density at radius 1 is 1.10 bits per heavy atom. The molecule has 3 fully saturated rings. The average molecular weight is 583 g/mol. The van der Waals surface area contributed by atoms with Crippen molar-refractivity contribution < 1.29 is 21.6 Å². The van der Waals surface area contributed by atoms with Gasteiger partial charge in [0.2, 0.25) is 15.9 Å². The molecule has 4 unspecified atom stereocenters. The van der Waals surface area contributed by atoms with Gasteiger partial charge in [-0.3, -0.25) is 9.69 Å². The van der Waals surface area contributed by atoms with Gasteiger partial charge in [0.15, 0.2) is 0 Å². The van der Waals surface area contributed by atoms with Crippen molar-refractivity contribution in [1.29, 1.82) is 0 Å². The van der Waals surface area contributed by atoms with E-state index in [-0.39, 0.29) is 35.3 Å². The van der Waals surface area contributed by atoms with E-state index in [2.05, 4.69) is 43.1 Å². The molecule has 1 heterocycles. The zero-order chi connectivity index (χ0) is 28.8. The van der Waals surface area contributed by atoms with Crippen LogP contribution in [-0.4, -0.2) is 102 Å². The summed E-state index contributed by atoms with van der Waals surface area (Å²) in [5, 5.41) is 3.22. The van der Waals surface area contributed by atoms with Gasteiger partial charge in [0.1, 0.15) is 9.84 Å². The number of sulfonamides is 1. The molecule has 1 aromatic carbocycles. The summed E-state index contributed by atoms with van der Waals surface area (Å²) in [5.74, 6) is 0.0653. The summed E-state index contributed by atoms with van der Waals surface area (Å²) in [6, 6.07) is 7.33. The third-order valence-corrected chi connectivity index (χ3v) is 13.0. The number of likely N-dealkylation sites (N-methyl/N-ethyl adjacent to an activating group) is 1. The molecule has 1 aromatic rings. The normalized spacial score (nSPS) is 28.1. The van der Waals surface area contributed by atoms with Crippen molar-refractivity contribution in [2.75, 3.05) is 62.9 Å². The molecule has 4 atom stereocenters. The van der Waals surface area contributed by atoms with E-state index < -0.39 is 31.3 Å². The van der Waals surface area contributed by atoms with E-state index >= 15 is 0 Å². The number of fused-ring (bicyclic) bond motifs is 2. The second-order valence-electron chi connectivity index (χ2n) is 12.7. The van der Waals surface area contributed by atoms with E-state index in [1.165, 1.54) is 11.8 Å². The predicted molar refractivity (Wildman–Crippen MR) is 156 cm³/mol. The number of carbonyl (C=O) groups is 1. The zero-order valence-corrected chi connectivity index (χ0v) is 25.9. The number of piperazine rings is 1. The molecule has 0 radical (unpaired) electrons. The van der Waals surface area contributed by atoms with E-state index in [1.54, 1.807) is 23.3 Å². The van der Waals surface area contributed by atoms with Gasteiger partial charge in [0, 0.05) is 49.6 Å². The SMILES string of the molecule is Cc1ccccc1N1CCN(S(=O)(=O)CC23CCC(CC2NC(=O)C(CCS(C)(=O)=O)N(C)C)C3(C)C)CC1. The summed E-state index contributed by atoms with van der Waals surface area (Å²) in [6.45, 7) is 8.59. The number of aryl methyl sites for hydroxylation is 1. The lowest BCUT2D eigenvalue weighted by molar-refractivity contribution is -0.127. The van der Waals surface area contributed by atoms with E-state index in [9.17, 15) is 21.6 Å². The van der Waals surface area contributed by atoms with Crippen molar-refractivity contribution in [3.63, 3.8) is 0 Å². The topological polar surface area (TPSA) is 107 Å². The molecule has 9 nitrogen and oxygen atoms in total. The van der Waals surface area contributed by atoms with Crippen LogP contribution in [0.1, 0.15) is 45.1 Å². The third kappa shape index (κ3) is 6.01. The molecule has 2 saturated carbocycles. The smallest absolute Gasteiger partial charge is 0.237 e. The minimum atomic E-state index is -3.57. The number of rotatable bonds is 10. The lowest BCUT2D eigenvalue weighted by Gasteiger charge is -2.45. The molecule has 2 aliphatic carbocycles. The highest BCUT2D eigenvalue weighted by Gasteiger charge is 2.66. The van der Waals surface area contributed by atoms with Crippen LogP contribution in [0.2, 0.25) is 0 Å². The molecule has 4 rings (SSSR count). The van der Waals surface area contributed by atoms with Gasteiger partial charge in [0.05, 0.1) is 17.5 Å². The van der Waals surface area contributed by atoms with Crippen LogP contribution in [0.4, 0.5) is 5.69 Å². The molecular weight excluding hydrogens is 536 g/mol. The maximum atomic E-state index is 13.9. The van der Waals surface area contributed by atoms with Crippen molar-refractivity contribution in [2.24, 2.45) is 16.7 Å². The number of hydrogen-bond donors (Lipinski definition) is 1. The van der Waals surface area contributed by atoms with E-state index in [0.717, 1.165) is 24.9 Å². The Morgan fingerprint density at radius 2 is 1.74 bits per heavy atom. The van der Waals surface area contributed by atoms with Crippen molar-refractivity contribution in [2.45, 2.75) is 58.5 Å². The van der Waals surface area contributed by atoms with Gasteiger partial charge in [0.25, 0.3) is 0 Å². The van der Waals surface area contributed by atoms with Gasteiger partial charge >= 0.3 is 0 Å². The summed E-state index contributed by atoms with van der Waals surface area (Å²) < 4.78 is 53.0. The molecule has 2 bridgehead atoms. The standard InChI is InChI=1S/C28H46N4O5S2/c1-21-9-7-8-10-23(21)31-14-16-32(17-15-31)39(36,37)20-28-13-11-22(27(28,2)3)19-25(28)29-26(33)24(30(4)5)12-18-38(6,34)35/h7-10,22,24-25H,11-20H2,1-6H3,(H,29,33). The Bertz CT molecular complexity index is 1270. The molecule has 11 heteroatoms. The van der Waals surface area contributed by atoms with Gasteiger partial charge in [-0.05, 0) is 69.7 Å². The fourth-order valence-corrected chi connectivity index (χ4v) is 10.3. The van der Waals surface area contributed by atoms with Crippen LogP contribution in [0.5, 0.6) is 0 Å². The molecular formula is C28H46N4O5S2. The van der Waals surface area contributed by atoms with Crippen LogP contribution in [0, 0.1) is 23.7 Å². The Morgan fingerprint density at radius 3 is 2.31 bits per heavy atom. The Balaban J connectivity index is 1.49. The van der Waals surface area contributed by atoms with Gasteiger partial charge in [-0.2, -0.15) is 4.31 Å². The number of hydrogen-bond acceptors (Lipinski definition) is 7. The highest BCUT2D eigenvalue weighted by atomic mass is 32.2. The van der Waals surface area contributed by atoms with E-state index in [1.807, 2.05) is 12.1 Å². The van der Waals surface area contributed by atoms with Crippen molar-refractivity contribution >= 4 is 31.5 Å². The van der Waals surface area contributed by atoms with Crippen molar-refractivity contribution in [1.82, 2.24) is 14.5 Å². The number of anilines is 1. The molecule has 1 N–H and O–H groups in total.